The molecule has 0 bridgehead atoms. The number of alkyl halides is 6. The number of halogens is 8. The highest BCUT2D eigenvalue weighted by molar-refractivity contribution is 9.10. The number of carbonyl (C=O) groups is 3. The van der Waals surface area contributed by atoms with Gasteiger partial charge in [0.2, 0.25) is 12.0 Å². The molecule has 4 rings (SSSR count). The fourth-order valence-electron chi connectivity index (χ4n) is 4.26. The van der Waals surface area contributed by atoms with Gasteiger partial charge in [-0.1, -0.05) is 56.1 Å². The van der Waals surface area contributed by atoms with Crippen LogP contribution in [0.3, 0.4) is 0 Å². The summed E-state index contributed by atoms with van der Waals surface area (Å²) in [6.07, 6.45) is -12.0. The first kappa shape index (κ1) is 35.6. The van der Waals surface area contributed by atoms with Crippen molar-refractivity contribution in [1.82, 2.24) is 0 Å². The van der Waals surface area contributed by atoms with Crippen molar-refractivity contribution >= 4 is 61.0 Å². The first-order chi connectivity index (χ1) is 22.0. The highest BCUT2D eigenvalue weighted by Crippen LogP contribution is 2.34. The fraction of sp³-hybridized carbons (Fsp3) is 0.156. The van der Waals surface area contributed by atoms with E-state index in [1.54, 1.807) is 0 Å². The Morgan fingerprint density at radius 2 is 1.04 bits per heavy atom. The lowest BCUT2D eigenvalue weighted by Crippen LogP contribution is -2.42. The average Bonchev–Trinajstić information content (AvgIpc) is 3.00. The van der Waals surface area contributed by atoms with Crippen LogP contribution in [-0.4, -0.2) is 22.9 Å². The SMILES string of the molecule is O=C(CC(O)(C(=O)OC(C(=O)Nc1ccc(C(F)(F)F)cc1)c1ccc(Br)cc1)c1ccc(Br)cc1)Nc1ccc(C(F)(F)F)cc1. The van der Waals surface area contributed by atoms with Crippen LogP contribution in [0.15, 0.2) is 106 Å². The second-order valence-corrected chi connectivity index (χ2v) is 11.9. The van der Waals surface area contributed by atoms with Gasteiger partial charge in [0.15, 0.2) is 5.60 Å². The molecule has 246 valence electrons. The molecule has 0 saturated heterocycles. The number of rotatable bonds is 9. The molecule has 0 fully saturated rings. The third-order valence-electron chi connectivity index (χ3n) is 6.69. The van der Waals surface area contributed by atoms with E-state index in [1.165, 1.54) is 48.5 Å². The minimum atomic E-state index is -4.62. The number of anilines is 2. The molecule has 4 aromatic rings. The molecule has 0 radical (unpaired) electrons. The van der Waals surface area contributed by atoms with Crippen LogP contribution in [0.5, 0.6) is 0 Å². The fourth-order valence-corrected chi connectivity index (χ4v) is 4.79. The molecule has 2 amide bonds. The average molecular weight is 788 g/mol. The van der Waals surface area contributed by atoms with E-state index >= 15 is 0 Å². The maximum Gasteiger partial charge on any atom is 0.416 e. The van der Waals surface area contributed by atoms with Crippen molar-refractivity contribution in [3.8, 4) is 0 Å². The number of hydrogen-bond donors (Lipinski definition) is 3. The summed E-state index contributed by atoms with van der Waals surface area (Å²) in [6.45, 7) is 0. The van der Waals surface area contributed by atoms with Crippen LogP contribution in [0.1, 0.15) is 34.8 Å². The molecule has 7 nitrogen and oxygen atoms in total. The quantitative estimate of drug-likeness (QED) is 0.117. The topological polar surface area (TPSA) is 105 Å². The van der Waals surface area contributed by atoms with E-state index in [1.807, 2.05) is 0 Å². The molecule has 0 aliphatic rings. The molecule has 0 heterocycles. The van der Waals surface area contributed by atoms with Gasteiger partial charge >= 0.3 is 18.3 Å². The van der Waals surface area contributed by atoms with E-state index in [9.17, 15) is 45.8 Å². The third kappa shape index (κ3) is 9.20. The van der Waals surface area contributed by atoms with E-state index in [0.717, 1.165) is 48.5 Å². The molecule has 4 aromatic carbocycles. The first-order valence-electron chi connectivity index (χ1n) is 13.4. The number of carbonyl (C=O) groups excluding carboxylic acids is 3. The minimum absolute atomic E-state index is 0.0553. The van der Waals surface area contributed by atoms with E-state index in [2.05, 4.69) is 42.5 Å². The molecular formula is C32H22Br2F6N2O5. The Labute approximate surface area is 280 Å². The molecule has 0 aromatic heterocycles. The van der Waals surface area contributed by atoms with Gasteiger partial charge in [-0.25, -0.2) is 4.79 Å². The summed E-state index contributed by atoms with van der Waals surface area (Å²) in [4.78, 5) is 40.2. The van der Waals surface area contributed by atoms with E-state index < -0.39 is 59.4 Å². The minimum Gasteiger partial charge on any atom is -0.445 e. The molecular weight excluding hydrogens is 766 g/mol. The van der Waals surface area contributed by atoms with Crippen molar-refractivity contribution in [2.75, 3.05) is 10.6 Å². The Bertz CT molecular complexity index is 1730. The predicted molar refractivity (Wildman–Crippen MR) is 166 cm³/mol. The van der Waals surface area contributed by atoms with Gasteiger partial charge < -0.3 is 20.5 Å². The Hall–Kier alpha value is -4.21. The van der Waals surface area contributed by atoms with E-state index in [0.29, 0.717) is 8.95 Å². The van der Waals surface area contributed by atoms with Crippen LogP contribution >= 0.6 is 31.9 Å². The molecule has 0 aliphatic heterocycles. The van der Waals surface area contributed by atoms with Crippen LogP contribution < -0.4 is 10.6 Å². The zero-order chi connectivity index (χ0) is 34.6. The summed E-state index contributed by atoms with van der Waals surface area (Å²) in [5, 5.41) is 16.4. The number of benzene rings is 4. The van der Waals surface area contributed by atoms with Crippen molar-refractivity contribution in [2.45, 2.75) is 30.5 Å². The molecule has 0 aliphatic carbocycles. The Morgan fingerprint density at radius 1 is 0.638 bits per heavy atom. The van der Waals surface area contributed by atoms with Crippen molar-refractivity contribution in [3.63, 3.8) is 0 Å². The second-order valence-electron chi connectivity index (χ2n) is 10.1. The lowest BCUT2D eigenvalue weighted by Gasteiger charge is -2.28. The van der Waals surface area contributed by atoms with Gasteiger partial charge in [-0.05, 0) is 78.4 Å². The summed E-state index contributed by atoms with van der Waals surface area (Å²) in [6, 6.07) is 18.4. The summed E-state index contributed by atoms with van der Waals surface area (Å²) in [7, 11) is 0. The van der Waals surface area contributed by atoms with Crippen molar-refractivity contribution in [3.05, 3.63) is 128 Å². The van der Waals surface area contributed by atoms with Gasteiger partial charge in [0, 0.05) is 25.9 Å². The van der Waals surface area contributed by atoms with Gasteiger partial charge in [-0.15, -0.1) is 0 Å². The predicted octanol–water partition coefficient (Wildman–Crippen LogP) is 8.39. The van der Waals surface area contributed by atoms with Crippen LogP contribution in [0.2, 0.25) is 0 Å². The molecule has 2 unspecified atom stereocenters. The second kappa shape index (κ2) is 14.3. The molecule has 15 heteroatoms. The number of hydrogen-bond acceptors (Lipinski definition) is 5. The molecule has 47 heavy (non-hydrogen) atoms. The normalized spacial score (nSPS) is 13.6. The number of amides is 2. The lowest BCUT2D eigenvalue weighted by atomic mass is 9.89. The van der Waals surface area contributed by atoms with Crippen LogP contribution in [-0.2, 0) is 37.1 Å². The van der Waals surface area contributed by atoms with Gasteiger partial charge in [-0.3, -0.25) is 9.59 Å². The van der Waals surface area contributed by atoms with Crippen LogP contribution in [0.25, 0.3) is 0 Å². The Morgan fingerprint density at radius 3 is 1.49 bits per heavy atom. The monoisotopic (exact) mass is 786 g/mol. The highest BCUT2D eigenvalue weighted by Gasteiger charge is 2.44. The summed E-state index contributed by atoms with van der Waals surface area (Å²) in [5.74, 6) is -3.42. The first-order valence-corrected chi connectivity index (χ1v) is 14.9. The summed E-state index contributed by atoms with van der Waals surface area (Å²) < 4.78 is 84.5. The largest absolute Gasteiger partial charge is 0.445 e. The smallest absolute Gasteiger partial charge is 0.416 e. The summed E-state index contributed by atoms with van der Waals surface area (Å²) >= 11 is 6.48. The Balaban J connectivity index is 1.63. The number of nitrogens with one attached hydrogen (secondary N) is 2. The standard InChI is InChI=1S/C32H22Br2F6N2O5/c33-22-9-1-18(2-10-22)27(28(44)42-25-15-7-21(8-16-25)32(38,39)40)47-29(45)30(46,19-3-11-23(34)12-4-19)17-26(43)41-24-13-5-20(6-14-24)31(35,36)37/h1-16,27,46H,17H2,(H,41,43)(H,42,44). The number of aliphatic hydroxyl groups is 1. The molecule has 2 atom stereocenters. The van der Waals surface area contributed by atoms with Gasteiger partial charge in [0.1, 0.15) is 0 Å². The summed E-state index contributed by atoms with van der Waals surface area (Å²) in [5.41, 5.74) is -4.76. The molecule has 3 N–H and O–H groups in total. The molecule has 0 spiro atoms. The van der Waals surface area contributed by atoms with Crippen molar-refractivity contribution in [1.29, 1.82) is 0 Å². The van der Waals surface area contributed by atoms with Crippen molar-refractivity contribution < 1.29 is 50.6 Å². The van der Waals surface area contributed by atoms with Crippen molar-refractivity contribution in [2.24, 2.45) is 0 Å². The zero-order valence-electron chi connectivity index (χ0n) is 23.6. The van der Waals surface area contributed by atoms with E-state index in [-0.39, 0.29) is 22.5 Å². The van der Waals surface area contributed by atoms with Gasteiger partial charge in [-0.2, -0.15) is 26.3 Å². The Kier molecular flexibility index (Phi) is 10.8. The number of esters is 1. The van der Waals surface area contributed by atoms with Gasteiger partial charge in [0.05, 0.1) is 17.5 Å². The molecule has 0 saturated carbocycles. The van der Waals surface area contributed by atoms with Crippen LogP contribution in [0, 0.1) is 0 Å². The number of ether oxygens (including phenoxy) is 1. The third-order valence-corrected chi connectivity index (χ3v) is 7.74. The zero-order valence-corrected chi connectivity index (χ0v) is 26.8. The van der Waals surface area contributed by atoms with Gasteiger partial charge in [0.25, 0.3) is 5.91 Å². The maximum absolute atomic E-state index is 13.8. The van der Waals surface area contributed by atoms with E-state index in [4.69, 9.17) is 4.74 Å². The maximum atomic E-state index is 13.8. The highest BCUT2D eigenvalue weighted by atomic mass is 79.9. The van der Waals surface area contributed by atoms with Crippen LogP contribution in [0.4, 0.5) is 37.7 Å². The lowest BCUT2D eigenvalue weighted by molar-refractivity contribution is -0.176.